The molecule has 0 aliphatic carbocycles. The second kappa shape index (κ2) is 23.4. The molecule has 0 saturated carbocycles. The smallest absolute Gasteiger partial charge is 0.481 e. The fourth-order valence-corrected chi connectivity index (χ4v) is 0. The van der Waals surface area contributed by atoms with E-state index in [1.54, 1.807) is 0 Å². The van der Waals surface area contributed by atoms with Crippen LogP contribution in [-0.4, -0.2) is 43.7 Å². The van der Waals surface area contributed by atoms with Gasteiger partial charge in [0.1, 0.15) is 0 Å². The third kappa shape index (κ3) is 319. The number of aliphatic carboxylic acids is 1. The summed E-state index contributed by atoms with van der Waals surface area (Å²) in [4.78, 5) is 33.8. The minimum Gasteiger partial charge on any atom is -0.481 e. The van der Waals surface area contributed by atoms with Crippen molar-refractivity contribution in [2.24, 2.45) is 0 Å². The SMILES string of the molecule is CC(=O)O.O=[N+]([O-])[O-].O=[N+]([O-])[O-].O=[N+]([O-])[O-].[Al+3]. The van der Waals surface area contributed by atoms with Crippen LogP contribution in [0.5, 0.6) is 0 Å². The molecule has 0 aromatic carbocycles. The van der Waals surface area contributed by atoms with Gasteiger partial charge in [-0.25, -0.2) is 0 Å². The Bertz CT molecular complexity index is 165. The zero-order chi connectivity index (χ0) is 14.3. The standard InChI is InChI=1S/C2H4O2.Al.3NO3/c1-2(3)4;;3*2-1(3)4/h1H3,(H,3,4);;;;/q;+3;3*-1. The number of hydrogen-bond donors (Lipinski definition) is 1. The zero-order valence-electron chi connectivity index (χ0n) is 7.95. The molecule has 0 heterocycles. The van der Waals surface area contributed by atoms with Crippen molar-refractivity contribution in [1.82, 2.24) is 0 Å². The predicted octanol–water partition coefficient (Wildman–Crippen LogP) is -1.01. The van der Waals surface area contributed by atoms with Crippen molar-refractivity contribution in [3.63, 3.8) is 0 Å². The summed E-state index contributed by atoms with van der Waals surface area (Å²) < 4.78 is 0. The van der Waals surface area contributed by atoms with E-state index in [2.05, 4.69) is 0 Å². The van der Waals surface area contributed by atoms with Crippen LogP contribution in [0.4, 0.5) is 0 Å². The second-order valence-electron chi connectivity index (χ2n) is 1.19. The molecule has 0 aliphatic rings. The van der Waals surface area contributed by atoms with Gasteiger partial charge in [0.25, 0.3) is 5.97 Å². The summed E-state index contributed by atoms with van der Waals surface area (Å²) in [7, 11) is 0. The first-order valence-electron chi connectivity index (χ1n) is 2.57. The Morgan fingerprint density at radius 1 is 0.824 bits per heavy atom. The molecule has 0 radical (unpaired) electrons. The van der Waals surface area contributed by atoms with Crippen molar-refractivity contribution < 1.29 is 25.2 Å². The van der Waals surface area contributed by atoms with Gasteiger partial charge in [-0.2, -0.15) is 0 Å². The predicted molar refractivity (Wildman–Crippen MR) is 50.1 cm³/mol. The van der Waals surface area contributed by atoms with E-state index in [0.29, 0.717) is 0 Å². The summed E-state index contributed by atoms with van der Waals surface area (Å²) in [5.41, 5.74) is 0. The molecule has 15 heteroatoms. The Labute approximate surface area is 102 Å². The van der Waals surface area contributed by atoms with Crippen LogP contribution in [0, 0.1) is 46.0 Å². The number of nitrogens with zero attached hydrogens (tertiary/aromatic N) is 3. The summed E-state index contributed by atoms with van der Waals surface area (Å²) in [6.07, 6.45) is 0. The van der Waals surface area contributed by atoms with E-state index in [1.165, 1.54) is 0 Å². The monoisotopic (exact) mass is 273 g/mol. The average Bonchev–Trinajstić information content (AvgIpc) is 1.76. The Kier molecular flexibility index (Phi) is 40.4. The fourth-order valence-electron chi connectivity index (χ4n) is 0. The zero-order valence-corrected chi connectivity index (χ0v) is 9.10. The van der Waals surface area contributed by atoms with Crippen LogP contribution in [-0.2, 0) is 4.79 Å². The molecule has 17 heavy (non-hydrogen) atoms. The molecule has 0 rings (SSSR count). The summed E-state index contributed by atoms with van der Waals surface area (Å²) in [6.45, 7) is 1.08. The number of hydrogen-bond acceptors (Lipinski definition) is 10. The van der Waals surface area contributed by atoms with Gasteiger partial charge in [0.2, 0.25) is 0 Å². The molecule has 0 amide bonds. The minimum atomic E-state index is -1.75. The van der Waals surface area contributed by atoms with E-state index >= 15 is 0 Å². The number of carboxylic acids is 1. The van der Waals surface area contributed by atoms with E-state index in [-0.39, 0.29) is 17.4 Å². The Balaban J connectivity index is -0.0000000369. The van der Waals surface area contributed by atoms with Gasteiger partial charge >= 0.3 is 17.4 Å². The normalized spacial score (nSPS) is 5.71. The quantitative estimate of drug-likeness (QED) is 0.318. The first-order chi connectivity index (χ1) is 6.93. The largest absolute Gasteiger partial charge is 3.00 e. The van der Waals surface area contributed by atoms with Crippen LogP contribution in [0.3, 0.4) is 0 Å². The van der Waals surface area contributed by atoms with Crippen LogP contribution in [0.25, 0.3) is 0 Å². The van der Waals surface area contributed by atoms with Gasteiger partial charge in [-0.1, -0.05) is 0 Å². The summed E-state index contributed by atoms with van der Waals surface area (Å²) in [5.74, 6) is -0.833. The topological polar surface area (TPSA) is 236 Å². The molecule has 0 unspecified atom stereocenters. The molecular weight excluding hydrogens is 269 g/mol. The first kappa shape index (κ1) is 29.3. The second-order valence-corrected chi connectivity index (χ2v) is 1.19. The van der Waals surface area contributed by atoms with Crippen LogP contribution >= 0.6 is 0 Å². The van der Waals surface area contributed by atoms with Crippen molar-refractivity contribution >= 4 is 23.3 Å². The minimum absolute atomic E-state index is 0. The summed E-state index contributed by atoms with van der Waals surface area (Å²) in [6, 6.07) is 0. The van der Waals surface area contributed by atoms with E-state index in [4.69, 9.17) is 55.9 Å². The molecule has 0 fully saturated rings. The van der Waals surface area contributed by atoms with Gasteiger partial charge in [-0.15, -0.1) is 0 Å². The first-order valence-corrected chi connectivity index (χ1v) is 2.57. The molecule has 0 bridgehead atoms. The Morgan fingerprint density at radius 2 is 0.824 bits per heavy atom. The van der Waals surface area contributed by atoms with Crippen molar-refractivity contribution in [1.29, 1.82) is 0 Å². The molecule has 14 nitrogen and oxygen atoms in total. The third-order valence-corrected chi connectivity index (χ3v) is 0. The van der Waals surface area contributed by atoms with E-state index in [1.807, 2.05) is 0 Å². The summed E-state index contributed by atoms with van der Waals surface area (Å²) >= 11 is 0. The molecule has 1 N–H and O–H groups in total. The average molecular weight is 273 g/mol. The van der Waals surface area contributed by atoms with Gasteiger partial charge in [0.15, 0.2) is 0 Å². The van der Waals surface area contributed by atoms with Crippen LogP contribution in [0.15, 0.2) is 0 Å². The number of carboxylic acid groups (broad SMARTS) is 1. The van der Waals surface area contributed by atoms with Crippen LogP contribution in [0.1, 0.15) is 6.92 Å². The number of carbonyl (C=O) groups is 1. The van der Waals surface area contributed by atoms with Gasteiger partial charge in [0, 0.05) is 6.92 Å². The van der Waals surface area contributed by atoms with Gasteiger partial charge < -0.3 is 51.1 Å². The van der Waals surface area contributed by atoms with Crippen molar-refractivity contribution in [2.45, 2.75) is 6.92 Å². The molecule has 96 valence electrons. The maximum atomic E-state index is 9.00. The van der Waals surface area contributed by atoms with Gasteiger partial charge in [-0.3, -0.25) is 4.79 Å². The van der Waals surface area contributed by atoms with Crippen molar-refractivity contribution in [3.8, 4) is 0 Å². The molecule has 0 aliphatic heterocycles. The molecule has 0 aromatic heterocycles. The molecule has 0 atom stereocenters. The molecule has 0 saturated heterocycles. The summed E-state index contributed by atoms with van der Waals surface area (Å²) in [5, 5.41) is 51.7. The van der Waals surface area contributed by atoms with E-state index in [0.717, 1.165) is 6.92 Å². The third-order valence-electron chi connectivity index (χ3n) is 0. The maximum Gasteiger partial charge on any atom is 3.00 e. The van der Waals surface area contributed by atoms with Gasteiger partial charge in [0.05, 0.1) is 15.3 Å². The number of rotatable bonds is 0. The maximum absolute atomic E-state index is 9.00. The van der Waals surface area contributed by atoms with E-state index < -0.39 is 21.2 Å². The Hall–Kier alpha value is -2.40. The van der Waals surface area contributed by atoms with Gasteiger partial charge in [-0.05, 0) is 0 Å². The van der Waals surface area contributed by atoms with Crippen LogP contribution in [0.2, 0.25) is 0 Å². The molecule has 0 spiro atoms. The fraction of sp³-hybridized carbons (Fsp3) is 0.500. The molecule has 0 aromatic rings. The van der Waals surface area contributed by atoms with Crippen LogP contribution < -0.4 is 0 Å². The van der Waals surface area contributed by atoms with Crippen molar-refractivity contribution in [3.05, 3.63) is 46.0 Å². The van der Waals surface area contributed by atoms with E-state index in [9.17, 15) is 0 Å². The van der Waals surface area contributed by atoms with Crippen molar-refractivity contribution in [2.75, 3.05) is 0 Å². The Morgan fingerprint density at radius 3 is 0.824 bits per heavy atom. The molecular formula is C2H4AlN3O11.